The van der Waals surface area contributed by atoms with Crippen molar-refractivity contribution in [2.45, 2.75) is 59.5 Å². The molecule has 1 unspecified atom stereocenters. The predicted octanol–water partition coefficient (Wildman–Crippen LogP) is 3.51. The van der Waals surface area contributed by atoms with Crippen molar-refractivity contribution >= 4 is 5.91 Å². The fraction of sp³-hybridized carbons (Fsp3) is 0.440. The molecule has 1 atom stereocenters. The molecular weight excluding hydrogens is 402 g/mol. The van der Waals surface area contributed by atoms with Gasteiger partial charge in [0, 0.05) is 47.9 Å². The largest absolute Gasteiger partial charge is 0.338 e. The molecule has 0 saturated heterocycles. The highest BCUT2D eigenvalue weighted by molar-refractivity contribution is 5.79. The average molecular weight is 434 g/mol. The third-order valence-corrected chi connectivity index (χ3v) is 6.53. The highest BCUT2D eigenvalue weighted by atomic mass is 16.2. The molecule has 0 saturated carbocycles. The van der Waals surface area contributed by atoms with Gasteiger partial charge >= 0.3 is 0 Å². The number of hydrogen-bond acceptors (Lipinski definition) is 4. The standard InChI is InChI=1S/C25H31N5O2/c1-4-29(16-20-15-26-30(5-2)17(20)3)25(32)19-11-13-21-22(14-12-19)27-23(28-24(21)31)18-9-7-6-8-10-18/h6-10,15,19H,4-5,11-14,16H2,1-3H3,(H,27,28,31). The van der Waals surface area contributed by atoms with E-state index in [0.717, 1.165) is 34.6 Å². The lowest BCUT2D eigenvalue weighted by Gasteiger charge is -2.25. The number of nitrogens with one attached hydrogen (secondary N) is 1. The first-order valence-corrected chi connectivity index (χ1v) is 11.5. The van der Waals surface area contributed by atoms with Crippen LogP contribution in [0, 0.1) is 12.8 Å². The van der Waals surface area contributed by atoms with Gasteiger partial charge in [0.15, 0.2) is 0 Å². The Hall–Kier alpha value is -3.22. The number of fused-ring (bicyclic) bond motifs is 1. The lowest BCUT2D eigenvalue weighted by atomic mass is 9.97. The fourth-order valence-corrected chi connectivity index (χ4v) is 4.53. The summed E-state index contributed by atoms with van der Waals surface area (Å²) in [5, 5.41) is 4.41. The van der Waals surface area contributed by atoms with E-state index in [1.807, 2.05) is 53.0 Å². The molecule has 2 aromatic heterocycles. The monoisotopic (exact) mass is 433 g/mol. The van der Waals surface area contributed by atoms with Crippen molar-refractivity contribution < 1.29 is 4.79 Å². The maximum atomic E-state index is 13.4. The number of amides is 1. The molecule has 168 valence electrons. The van der Waals surface area contributed by atoms with Crippen LogP contribution < -0.4 is 5.56 Å². The number of benzene rings is 1. The van der Waals surface area contributed by atoms with Gasteiger partial charge in [-0.1, -0.05) is 30.3 Å². The Morgan fingerprint density at radius 3 is 2.62 bits per heavy atom. The zero-order chi connectivity index (χ0) is 22.7. The molecule has 32 heavy (non-hydrogen) atoms. The van der Waals surface area contributed by atoms with Crippen LogP contribution in [-0.2, 0) is 30.7 Å². The van der Waals surface area contributed by atoms with Gasteiger partial charge in [0.05, 0.1) is 11.9 Å². The van der Waals surface area contributed by atoms with E-state index < -0.39 is 0 Å². The van der Waals surface area contributed by atoms with E-state index in [9.17, 15) is 9.59 Å². The average Bonchev–Trinajstić information content (AvgIpc) is 3.02. The number of aromatic amines is 1. The van der Waals surface area contributed by atoms with Crippen molar-refractivity contribution in [3.8, 4) is 11.4 Å². The van der Waals surface area contributed by atoms with Gasteiger partial charge in [0.25, 0.3) is 5.56 Å². The minimum atomic E-state index is -0.106. The Kier molecular flexibility index (Phi) is 6.53. The van der Waals surface area contributed by atoms with Gasteiger partial charge in [-0.25, -0.2) is 4.98 Å². The highest BCUT2D eigenvalue weighted by Crippen LogP contribution is 2.25. The van der Waals surface area contributed by atoms with Crippen LogP contribution in [0.2, 0.25) is 0 Å². The molecule has 2 heterocycles. The van der Waals surface area contributed by atoms with Crippen LogP contribution >= 0.6 is 0 Å². The van der Waals surface area contributed by atoms with E-state index >= 15 is 0 Å². The van der Waals surface area contributed by atoms with Crippen LogP contribution in [0.15, 0.2) is 41.3 Å². The first-order valence-electron chi connectivity index (χ1n) is 11.5. The molecule has 4 rings (SSSR count). The maximum absolute atomic E-state index is 13.4. The van der Waals surface area contributed by atoms with Crippen LogP contribution in [0.5, 0.6) is 0 Å². The Bertz CT molecular complexity index is 1150. The van der Waals surface area contributed by atoms with Gasteiger partial charge in [-0.15, -0.1) is 0 Å². The molecule has 1 aliphatic rings. The number of aromatic nitrogens is 4. The molecule has 7 nitrogen and oxygen atoms in total. The molecule has 0 bridgehead atoms. The van der Waals surface area contributed by atoms with E-state index in [2.05, 4.69) is 23.9 Å². The number of hydrogen-bond donors (Lipinski definition) is 1. The summed E-state index contributed by atoms with van der Waals surface area (Å²) in [5.74, 6) is 0.645. The molecule has 0 aliphatic heterocycles. The molecule has 0 spiro atoms. The van der Waals surface area contributed by atoms with Gasteiger partial charge in [0.1, 0.15) is 5.82 Å². The van der Waals surface area contributed by atoms with Crippen LogP contribution in [0.1, 0.15) is 49.2 Å². The van der Waals surface area contributed by atoms with E-state index in [-0.39, 0.29) is 17.4 Å². The van der Waals surface area contributed by atoms with Crippen molar-refractivity contribution in [1.82, 2.24) is 24.6 Å². The van der Waals surface area contributed by atoms with E-state index in [1.165, 1.54) is 0 Å². The van der Waals surface area contributed by atoms with Crippen molar-refractivity contribution in [2.75, 3.05) is 6.54 Å². The first kappa shape index (κ1) is 22.0. The third kappa shape index (κ3) is 4.38. The van der Waals surface area contributed by atoms with Gasteiger partial charge in [0.2, 0.25) is 5.91 Å². The van der Waals surface area contributed by atoms with Crippen molar-refractivity contribution in [2.24, 2.45) is 5.92 Å². The number of carbonyl (C=O) groups is 1. The number of carbonyl (C=O) groups excluding carboxylic acids is 1. The number of aryl methyl sites for hydroxylation is 2. The maximum Gasteiger partial charge on any atom is 0.254 e. The summed E-state index contributed by atoms with van der Waals surface area (Å²) in [6, 6.07) is 9.68. The Morgan fingerprint density at radius 1 is 1.19 bits per heavy atom. The van der Waals surface area contributed by atoms with Gasteiger partial charge < -0.3 is 9.88 Å². The highest BCUT2D eigenvalue weighted by Gasteiger charge is 2.28. The predicted molar refractivity (Wildman–Crippen MR) is 124 cm³/mol. The van der Waals surface area contributed by atoms with Crippen molar-refractivity contribution in [3.05, 3.63) is 69.4 Å². The topological polar surface area (TPSA) is 83.9 Å². The smallest absolute Gasteiger partial charge is 0.254 e. The van der Waals surface area contributed by atoms with Gasteiger partial charge in [-0.3, -0.25) is 14.3 Å². The van der Waals surface area contributed by atoms with Crippen LogP contribution in [0.4, 0.5) is 0 Å². The lowest BCUT2D eigenvalue weighted by molar-refractivity contribution is -0.136. The van der Waals surface area contributed by atoms with E-state index in [1.54, 1.807) is 0 Å². The summed E-state index contributed by atoms with van der Waals surface area (Å²) < 4.78 is 1.96. The van der Waals surface area contributed by atoms with Crippen molar-refractivity contribution in [3.63, 3.8) is 0 Å². The molecule has 0 fully saturated rings. The van der Waals surface area contributed by atoms with Crippen LogP contribution in [-0.4, -0.2) is 37.1 Å². The summed E-state index contributed by atoms with van der Waals surface area (Å²) in [4.78, 5) is 35.8. The number of rotatable bonds is 6. The molecule has 1 aromatic carbocycles. The normalized spacial score (nSPS) is 15.8. The van der Waals surface area contributed by atoms with E-state index in [4.69, 9.17) is 4.98 Å². The van der Waals surface area contributed by atoms with Crippen molar-refractivity contribution in [1.29, 1.82) is 0 Å². The Balaban J connectivity index is 1.51. The Labute approximate surface area is 188 Å². The quantitative estimate of drug-likeness (QED) is 0.603. The van der Waals surface area contributed by atoms with Gasteiger partial charge in [-0.2, -0.15) is 5.10 Å². The number of nitrogens with zero attached hydrogens (tertiary/aromatic N) is 4. The SMILES string of the molecule is CCN(Cc1cnn(CC)c1C)C(=O)C1CCc2nc(-c3ccccc3)[nH]c(=O)c2CC1. The summed E-state index contributed by atoms with van der Waals surface area (Å²) >= 11 is 0. The second-order valence-corrected chi connectivity index (χ2v) is 8.40. The zero-order valence-electron chi connectivity index (χ0n) is 19.1. The molecule has 0 radical (unpaired) electrons. The first-order chi connectivity index (χ1) is 15.5. The Morgan fingerprint density at radius 2 is 1.94 bits per heavy atom. The molecule has 3 aromatic rings. The summed E-state index contributed by atoms with van der Waals surface area (Å²) in [7, 11) is 0. The second kappa shape index (κ2) is 9.51. The molecule has 1 amide bonds. The minimum Gasteiger partial charge on any atom is -0.338 e. The minimum absolute atomic E-state index is 0.0862. The van der Waals surface area contributed by atoms with Gasteiger partial charge in [-0.05, 0) is 46.5 Å². The number of H-pyrrole nitrogens is 1. The third-order valence-electron chi connectivity index (χ3n) is 6.53. The lowest BCUT2D eigenvalue weighted by Crippen LogP contribution is -2.36. The molecule has 1 aliphatic carbocycles. The zero-order valence-corrected chi connectivity index (χ0v) is 19.1. The summed E-state index contributed by atoms with van der Waals surface area (Å²) in [6.07, 6.45) is 4.46. The van der Waals surface area contributed by atoms with Crippen LogP contribution in [0.25, 0.3) is 11.4 Å². The summed E-state index contributed by atoms with van der Waals surface area (Å²) in [6.45, 7) is 8.17. The molecular formula is C25H31N5O2. The summed E-state index contributed by atoms with van der Waals surface area (Å²) in [5.41, 5.74) is 4.55. The van der Waals surface area contributed by atoms with E-state index in [0.29, 0.717) is 44.6 Å². The second-order valence-electron chi connectivity index (χ2n) is 8.40. The van der Waals surface area contributed by atoms with Crippen LogP contribution in [0.3, 0.4) is 0 Å². The molecule has 7 heteroatoms. The molecule has 1 N–H and O–H groups in total. The fourth-order valence-electron chi connectivity index (χ4n) is 4.53.